The van der Waals surface area contributed by atoms with Gasteiger partial charge in [-0.05, 0) is 20.8 Å². The van der Waals surface area contributed by atoms with Crippen LogP contribution in [0.1, 0.15) is 26.3 Å². The minimum absolute atomic E-state index is 0.0726. The van der Waals surface area contributed by atoms with E-state index in [2.05, 4.69) is 9.98 Å². The second-order valence-electron chi connectivity index (χ2n) is 5.43. The molecule has 0 aromatic heterocycles. The Kier molecular flexibility index (Phi) is 5.04. The van der Waals surface area contributed by atoms with E-state index in [1.165, 1.54) is 24.3 Å². The number of benzene rings is 1. The van der Waals surface area contributed by atoms with Crippen molar-refractivity contribution in [2.24, 2.45) is 9.98 Å². The van der Waals surface area contributed by atoms with E-state index in [9.17, 15) is 26.3 Å². The molecule has 1 aromatic rings. The van der Waals surface area contributed by atoms with Crippen molar-refractivity contribution in [1.29, 1.82) is 0 Å². The second kappa shape index (κ2) is 6.10. The summed E-state index contributed by atoms with van der Waals surface area (Å²) in [5.41, 5.74) is -3.65. The zero-order valence-electron chi connectivity index (χ0n) is 12.0. The monoisotopic (exact) mass is 324 g/mol. The maximum Gasteiger partial charge on any atom is 0.438 e. The van der Waals surface area contributed by atoms with E-state index in [0.717, 1.165) is 0 Å². The van der Waals surface area contributed by atoms with Crippen LogP contribution in [0.25, 0.3) is 0 Å². The Morgan fingerprint density at radius 2 is 1.27 bits per heavy atom. The van der Waals surface area contributed by atoms with Crippen LogP contribution in [-0.4, -0.2) is 29.4 Å². The first kappa shape index (κ1) is 18.2. The summed E-state index contributed by atoms with van der Waals surface area (Å²) in [7, 11) is 0. The van der Waals surface area contributed by atoms with Gasteiger partial charge in [0.05, 0.1) is 5.54 Å². The van der Waals surface area contributed by atoms with Gasteiger partial charge in [-0.3, -0.25) is 4.99 Å². The van der Waals surface area contributed by atoms with E-state index in [1.54, 1.807) is 26.8 Å². The summed E-state index contributed by atoms with van der Waals surface area (Å²) < 4.78 is 75.7. The van der Waals surface area contributed by atoms with E-state index in [4.69, 9.17) is 0 Å². The fraction of sp³-hybridized carbons (Fsp3) is 0.429. The molecule has 8 heteroatoms. The van der Waals surface area contributed by atoms with Crippen LogP contribution in [0.5, 0.6) is 0 Å². The average Bonchev–Trinajstić information content (AvgIpc) is 2.31. The van der Waals surface area contributed by atoms with Crippen LogP contribution in [0.2, 0.25) is 0 Å². The summed E-state index contributed by atoms with van der Waals surface area (Å²) >= 11 is 0. The lowest BCUT2D eigenvalue weighted by atomic mass is 10.1. The number of nitrogens with zero attached hydrogens (tertiary/aromatic N) is 2. The zero-order valence-corrected chi connectivity index (χ0v) is 12.0. The smallest absolute Gasteiger partial charge is 0.260 e. The van der Waals surface area contributed by atoms with Gasteiger partial charge in [-0.2, -0.15) is 26.3 Å². The Hall–Kier alpha value is -1.86. The fourth-order valence-corrected chi connectivity index (χ4v) is 1.45. The standard InChI is InChI=1S/C14H14F6N2/c1-12(2,3)22-10(9-7-5-4-6-8-9)21-11(13(15,16)17)14(18,19)20/h4-8H,1-3H3. The van der Waals surface area contributed by atoms with Crippen molar-refractivity contribution in [2.75, 3.05) is 0 Å². The Morgan fingerprint density at radius 1 is 0.818 bits per heavy atom. The van der Waals surface area contributed by atoms with Crippen LogP contribution >= 0.6 is 0 Å². The molecule has 0 saturated carbocycles. The molecule has 1 aromatic carbocycles. The molecule has 0 radical (unpaired) electrons. The molecule has 0 bridgehead atoms. The van der Waals surface area contributed by atoms with Gasteiger partial charge in [-0.15, -0.1) is 0 Å². The third kappa shape index (κ3) is 5.50. The topological polar surface area (TPSA) is 24.7 Å². The Morgan fingerprint density at radius 3 is 1.64 bits per heavy atom. The van der Waals surface area contributed by atoms with E-state index >= 15 is 0 Å². The molecule has 0 amide bonds. The van der Waals surface area contributed by atoms with Gasteiger partial charge in [0.1, 0.15) is 0 Å². The number of rotatable bonds is 1. The predicted molar refractivity (Wildman–Crippen MR) is 72.3 cm³/mol. The van der Waals surface area contributed by atoms with E-state index in [0.29, 0.717) is 0 Å². The first-order chi connectivity index (χ1) is 9.81. The minimum Gasteiger partial charge on any atom is -0.260 e. The summed E-state index contributed by atoms with van der Waals surface area (Å²) in [5, 5.41) is 0. The molecular formula is C14H14F6N2. The van der Waals surface area contributed by atoms with E-state index < -0.39 is 29.4 Å². The number of alkyl halides is 6. The highest BCUT2D eigenvalue weighted by atomic mass is 19.4. The first-order valence-corrected chi connectivity index (χ1v) is 6.19. The number of hydrogen-bond donors (Lipinski definition) is 0. The van der Waals surface area contributed by atoms with E-state index in [-0.39, 0.29) is 5.56 Å². The Bertz CT molecular complexity index is 546. The van der Waals surface area contributed by atoms with Crippen LogP contribution in [0, 0.1) is 0 Å². The first-order valence-electron chi connectivity index (χ1n) is 6.19. The fourth-order valence-electron chi connectivity index (χ4n) is 1.45. The molecule has 2 nitrogen and oxygen atoms in total. The molecule has 0 spiro atoms. The van der Waals surface area contributed by atoms with Crippen molar-refractivity contribution in [3.63, 3.8) is 0 Å². The molecular weight excluding hydrogens is 310 g/mol. The summed E-state index contributed by atoms with van der Waals surface area (Å²) in [6.07, 6.45) is -11.2. The van der Waals surface area contributed by atoms with Crippen LogP contribution in [0.15, 0.2) is 40.3 Å². The van der Waals surface area contributed by atoms with Crippen LogP contribution < -0.4 is 0 Å². The van der Waals surface area contributed by atoms with Crippen LogP contribution in [0.3, 0.4) is 0 Å². The van der Waals surface area contributed by atoms with Gasteiger partial charge < -0.3 is 0 Å². The van der Waals surface area contributed by atoms with Crippen molar-refractivity contribution in [3.8, 4) is 0 Å². The third-order valence-corrected chi connectivity index (χ3v) is 2.23. The largest absolute Gasteiger partial charge is 0.438 e. The minimum atomic E-state index is -5.62. The number of amidine groups is 1. The molecule has 0 aliphatic rings. The second-order valence-corrected chi connectivity index (χ2v) is 5.43. The highest BCUT2D eigenvalue weighted by Gasteiger charge is 2.53. The molecule has 0 fully saturated rings. The SMILES string of the molecule is CC(C)(C)N=C(N=C(C(F)(F)F)C(F)(F)F)c1ccccc1. The summed E-state index contributed by atoms with van der Waals surface area (Å²) in [5.74, 6) is -0.613. The lowest BCUT2D eigenvalue weighted by molar-refractivity contribution is -0.117. The van der Waals surface area contributed by atoms with Crippen molar-refractivity contribution in [1.82, 2.24) is 0 Å². The lowest BCUT2D eigenvalue weighted by Crippen LogP contribution is -2.38. The number of halogens is 6. The van der Waals surface area contributed by atoms with Gasteiger partial charge in [-0.1, -0.05) is 30.3 Å². The van der Waals surface area contributed by atoms with Gasteiger partial charge in [-0.25, -0.2) is 4.99 Å². The average molecular weight is 324 g/mol. The predicted octanol–water partition coefficient (Wildman–Crippen LogP) is 4.80. The maximum absolute atomic E-state index is 12.6. The maximum atomic E-state index is 12.6. The zero-order chi connectivity index (χ0) is 17.2. The number of hydrogen-bond acceptors (Lipinski definition) is 1. The molecule has 0 N–H and O–H groups in total. The summed E-state index contributed by atoms with van der Waals surface area (Å²) in [6, 6.07) is 7.22. The van der Waals surface area contributed by atoms with Crippen LogP contribution in [0.4, 0.5) is 26.3 Å². The lowest BCUT2D eigenvalue weighted by Gasteiger charge is -2.17. The molecule has 0 heterocycles. The van der Waals surface area contributed by atoms with Gasteiger partial charge >= 0.3 is 12.4 Å². The number of aliphatic imine (C=N–C) groups is 2. The molecule has 0 aliphatic heterocycles. The van der Waals surface area contributed by atoms with Gasteiger partial charge in [0.2, 0.25) is 5.71 Å². The van der Waals surface area contributed by atoms with Gasteiger partial charge in [0.25, 0.3) is 0 Å². The molecule has 1 rings (SSSR count). The van der Waals surface area contributed by atoms with Crippen molar-refractivity contribution >= 4 is 11.5 Å². The van der Waals surface area contributed by atoms with Gasteiger partial charge in [0.15, 0.2) is 5.84 Å². The highest BCUT2D eigenvalue weighted by Crippen LogP contribution is 2.31. The summed E-state index contributed by atoms with van der Waals surface area (Å²) in [6.45, 7) is 4.64. The van der Waals surface area contributed by atoms with Crippen molar-refractivity contribution in [2.45, 2.75) is 38.7 Å². The summed E-state index contributed by atoms with van der Waals surface area (Å²) in [4.78, 5) is 6.67. The molecule has 22 heavy (non-hydrogen) atoms. The molecule has 0 unspecified atom stereocenters. The third-order valence-electron chi connectivity index (χ3n) is 2.23. The Balaban J connectivity index is 3.52. The molecule has 0 atom stereocenters. The van der Waals surface area contributed by atoms with Gasteiger partial charge in [0, 0.05) is 5.56 Å². The molecule has 0 saturated heterocycles. The Labute approximate surface area is 123 Å². The molecule has 122 valence electrons. The quantitative estimate of drug-likeness (QED) is 0.403. The van der Waals surface area contributed by atoms with E-state index in [1.807, 2.05) is 0 Å². The van der Waals surface area contributed by atoms with Crippen LogP contribution in [-0.2, 0) is 0 Å². The molecule has 0 aliphatic carbocycles. The van der Waals surface area contributed by atoms with Crippen molar-refractivity contribution in [3.05, 3.63) is 35.9 Å². The van der Waals surface area contributed by atoms with Crippen molar-refractivity contribution < 1.29 is 26.3 Å². The highest BCUT2D eigenvalue weighted by molar-refractivity contribution is 6.10. The normalized spacial score (nSPS) is 14.0.